The molecule has 1 aliphatic rings. The lowest BCUT2D eigenvalue weighted by atomic mass is 10.1. The molecule has 7 heteroatoms. The van der Waals surface area contributed by atoms with E-state index in [1.165, 1.54) is 0 Å². The van der Waals surface area contributed by atoms with E-state index in [-0.39, 0.29) is 12.0 Å². The van der Waals surface area contributed by atoms with Crippen molar-refractivity contribution in [3.05, 3.63) is 41.9 Å². The fraction of sp³-hybridized carbons (Fsp3) is 0.471. The molecule has 128 valence electrons. The minimum atomic E-state index is -0.178. The molecule has 7 nitrogen and oxygen atoms in total. The Bertz CT molecular complexity index is 700. The van der Waals surface area contributed by atoms with Crippen molar-refractivity contribution in [3.63, 3.8) is 0 Å². The van der Waals surface area contributed by atoms with Crippen molar-refractivity contribution in [1.29, 1.82) is 0 Å². The molecule has 0 aromatic carbocycles. The van der Waals surface area contributed by atoms with Gasteiger partial charge in [-0.2, -0.15) is 5.10 Å². The molecule has 3 heterocycles. The predicted octanol–water partition coefficient (Wildman–Crippen LogP) is 1.62. The van der Waals surface area contributed by atoms with Gasteiger partial charge in [-0.05, 0) is 25.1 Å². The summed E-state index contributed by atoms with van der Waals surface area (Å²) < 4.78 is 7.62. The molecule has 0 radical (unpaired) electrons. The van der Waals surface area contributed by atoms with E-state index in [1.807, 2.05) is 54.0 Å². The second-order valence-corrected chi connectivity index (χ2v) is 5.87. The van der Waals surface area contributed by atoms with Gasteiger partial charge in [0.05, 0.1) is 24.5 Å². The Balaban J connectivity index is 1.59. The molecular formula is C17H23N5O2. The Morgan fingerprint density at radius 2 is 2.29 bits per heavy atom. The van der Waals surface area contributed by atoms with E-state index in [0.717, 1.165) is 17.2 Å². The summed E-state index contributed by atoms with van der Waals surface area (Å²) in [6.45, 7) is 4.23. The van der Waals surface area contributed by atoms with E-state index >= 15 is 0 Å². The highest BCUT2D eigenvalue weighted by Crippen LogP contribution is 2.22. The lowest BCUT2D eigenvalue weighted by molar-refractivity contribution is -0.139. The van der Waals surface area contributed by atoms with Crippen LogP contribution in [0.15, 0.2) is 30.5 Å². The molecule has 1 fully saturated rings. The van der Waals surface area contributed by atoms with Crippen molar-refractivity contribution in [3.8, 4) is 0 Å². The van der Waals surface area contributed by atoms with Crippen molar-refractivity contribution in [2.45, 2.75) is 26.0 Å². The summed E-state index contributed by atoms with van der Waals surface area (Å²) in [5.41, 5.74) is 1.81. The fourth-order valence-corrected chi connectivity index (χ4v) is 2.78. The molecular weight excluding hydrogens is 306 g/mol. The van der Waals surface area contributed by atoms with Crippen LogP contribution in [0.5, 0.6) is 0 Å². The zero-order valence-corrected chi connectivity index (χ0v) is 14.1. The number of ether oxygens (including phenoxy) is 1. The van der Waals surface area contributed by atoms with E-state index < -0.39 is 0 Å². The van der Waals surface area contributed by atoms with Crippen molar-refractivity contribution >= 4 is 11.7 Å². The average Bonchev–Trinajstić information content (AvgIpc) is 3.05. The Hall–Kier alpha value is -2.41. The third kappa shape index (κ3) is 3.91. The van der Waals surface area contributed by atoms with Crippen LogP contribution in [0.1, 0.15) is 23.9 Å². The average molecular weight is 329 g/mol. The highest BCUT2D eigenvalue weighted by Gasteiger charge is 2.26. The number of aromatic nitrogens is 3. The minimum Gasteiger partial charge on any atom is -0.373 e. The van der Waals surface area contributed by atoms with Crippen LogP contribution in [0, 0.1) is 6.92 Å². The number of nitrogens with zero attached hydrogens (tertiary/aromatic N) is 4. The topological polar surface area (TPSA) is 72.3 Å². The van der Waals surface area contributed by atoms with Crippen molar-refractivity contribution in [1.82, 2.24) is 19.7 Å². The molecule has 0 bridgehead atoms. The predicted molar refractivity (Wildman–Crippen MR) is 90.6 cm³/mol. The van der Waals surface area contributed by atoms with Crippen LogP contribution in [0.3, 0.4) is 0 Å². The maximum Gasteiger partial charge on any atom is 0.224 e. The zero-order valence-electron chi connectivity index (χ0n) is 14.1. The van der Waals surface area contributed by atoms with Gasteiger partial charge < -0.3 is 15.0 Å². The molecule has 1 saturated heterocycles. The number of nitrogens with one attached hydrogen (secondary N) is 1. The number of hydrogen-bond acceptors (Lipinski definition) is 5. The minimum absolute atomic E-state index is 0.126. The molecule has 0 spiro atoms. The third-order valence-electron chi connectivity index (χ3n) is 4.10. The zero-order chi connectivity index (χ0) is 16.9. The quantitative estimate of drug-likeness (QED) is 0.902. The van der Waals surface area contributed by atoms with Gasteiger partial charge in [0.2, 0.25) is 5.91 Å². The van der Waals surface area contributed by atoms with E-state index in [9.17, 15) is 4.79 Å². The van der Waals surface area contributed by atoms with Crippen LogP contribution in [0.2, 0.25) is 0 Å². The lowest BCUT2D eigenvalue weighted by Crippen LogP contribution is -2.42. The van der Waals surface area contributed by atoms with Crippen LogP contribution < -0.4 is 5.32 Å². The first kappa shape index (κ1) is 16.4. The number of carbonyl (C=O) groups excluding carboxylic acids is 1. The van der Waals surface area contributed by atoms with Crippen LogP contribution >= 0.6 is 0 Å². The molecule has 2 aromatic rings. The summed E-state index contributed by atoms with van der Waals surface area (Å²) in [4.78, 5) is 18.9. The summed E-state index contributed by atoms with van der Waals surface area (Å²) in [6, 6.07) is 7.72. The second kappa shape index (κ2) is 7.44. The number of morpholine rings is 1. The smallest absolute Gasteiger partial charge is 0.224 e. The highest BCUT2D eigenvalue weighted by atomic mass is 16.5. The first-order chi connectivity index (χ1) is 11.7. The maximum atomic E-state index is 12.5. The van der Waals surface area contributed by atoms with E-state index in [1.54, 1.807) is 0 Å². The number of aryl methyl sites for hydroxylation is 2. The van der Waals surface area contributed by atoms with Crippen molar-refractivity contribution in [2.24, 2.45) is 0 Å². The number of anilines is 1. The van der Waals surface area contributed by atoms with Gasteiger partial charge in [-0.25, -0.2) is 4.98 Å². The van der Waals surface area contributed by atoms with Crippen LogP contribution in [-0.2, 0) is 16.1 Å². The monoisotopic (exact) mass is 329 g/mol. The van der Waals surface area contributed by atoms with Crippen LogP contribution in [0.25, 0.3) is 0 Å². The van der Waals surface area contributed by atoms with Crippen molar-refractivity contribution < 1.29 is 9.53 Å². The Labute approximate surface area is 141 Å². The Kier molecular flexibility index (Phi) is 5.10. The standard InChI is InChI=1S/C17H23N5O2/c1-13-6-8-22(20-13)9-7-17(23)21-10-11-24-15(12-21)14-4-3-5-16(18-2)19-14/h3-6,8,15H,7,9-12H2,1-2H3,(H,18,19). The van der Waals surface area contributed by atoms with Gasteiger partial charge in [0.15, 0.2) is 0 Å². The summed E-state index contributed by atoms with van der Waals surface area (Å²) in [5, 5.41) is 7.34. The number of rotatable bonds is 5. The molecule has 1 atom stereocenters. The van der Waals surface area contributed by atoms with E-state index in [2.05, 4.69) is 15.4 Å². The van der Waals surface area contributed by atoms with E-state index in [4.69, 9.17) is 4.74 Å². The summed E-state index contributed by atoms with van der Waals surface area (Å²) in [7, 11) is 1.83. The molecule has 1 aliphatic heterocycles. The lowest BCUT2D eigenvalue weighted by Gasteiger charge is -2.32. The van der Waals surface area contributed by atoms with Crippen LogP contribution in [-0.4, -0.2) is 52.3 Å². The number of hydrogen-bond donors (Lipinski definition) is 1. The number of amides is 1. The molecule has 24 heavy (non-hydrogen) atoms. The molecule has 1 amide bonds. The highest BCUT2D eigenvalue weighted by molar-refractivity contribution is 5.76. The number of pyridine rings is 1. The molecule has 0 aliphatic carbocycles. The fourth-order valence-electron chi connectivity index (χ4n) is 2.78. The molecule has 1 N–H and O–H groups in total. The Morgan fingerprint density at radius 1 is 1.42 bits per heavy atom. The van der Waals surface area contributed by atoms with Gasteiger partial charge in [0, 0.05) is 32.8 Å². The van der Waals surface area contributed by atoms with Crippen LogP contribution in [0.4, 0.5) is 5.82 Å². The van der Waals surface area contributed by atoms with Gasteiger partial charge in [0.1, 0.15) is 11.9 Å². The number of carbonyl (C=O) groups is 1. The largest absolute Gasteiger partial charge is 0.373 e. The second-order valence-electron chi connectivity index (χ2n) is 5.87. The first-order valence-corrected chi connectivity index (χ1v) is 8.20. The van der Waals surface area contributed by atoms with Gasteiger partial charge >= 0.3 is 0 Å². The van der Waals surface area contributed by atoms with Gasteiger partial charge in [-0.15, -0.1) is 0 Å². The van der Waals surface area contributed by atoms with Crippen molar-refractivity contribution in [2.75, 3.05) is 32.1 Å². The van der Waals surface area contributed by atoms with E-state index in [0.29, 0.717) is 32.7 Å². The first-order valence-electron chi connectivity index (χ1n) is 8.20. The Morgan fingerprint density at radius 3 is 3.04 bits per heavy atom. The third-order valence-corrected chi connectivity index (χ3v) is 4.10. The molecule has 3 rings (SSSR count). The van der Waals surface area contributed by atoms with Gasteiger partial charge in [-0.1, -0.05) is 6.07 Å². The van der Waals surface area contributed by atoms with Gasteiger partial charge in [0.25, 0.3) is 0 Å². The van der Waals surface area contributed by atoms with Gasteiger partial charge in [-0.3, -0.25) is 9.48 Å². The molecule has 1 unspecified atom stereocenters. The summed E-state index contributed by atoms with van der Waals surface area (Å²) >= 11 is 0. The maximum absolute atomic E-state index is 12.5. The molecule has 0 saturated carbocycles. The summed E-state index contributed by atoms with van der Waals surface area (Å²) in [6.07, 6.45) is 2.17. The molecule has 2 aromatic heterocycles. The SMILES string of the molecule is CNc1cccc(C2CN(C(=O)CCn3ccc(C)n3)CCO2)n1. The normalized spacial score (nSPS) is 17.8. The summed E-state index contributed by atoms with van der Waals surface area (Å²) in [5.74, 6) is 0.926.